The smallest absolute Gasteiger partial charge is 0.262 e. The van der Waals surface area contributed by atoms with Crippen LogP contribution in [0.4, 0.5) is 0 Å². The molecule has 0 aliphatic carbocycles. The second-order valence-electron chi connectivity index (χ2n) is 3.61. The molecule has 2 rings (SSSR count). The SMILES string of the molecule is CN(C)C(=O)Cn1cnc2sccc2c1=O. The van der Waals surface area contributed by atoms with E-state index >= 15 is 0 Å². The summed E-state index contributed by atoms with van der Waals surface area (Å²) in [6.45, 7) is 0.0324. The molecular formula is C10H11N3O2S. The van der Waals surface area contributed by atoms with Crippen LogP contribution in [0.3, 0.4) is 0 Å². The molecule has 0 atom stereocenters. The van der Waals surface area contributed by atoms with Gasteiger partial charge < -0.3 is 4.90 Å². The zero-order valence-corrected chi connectivity index (χ0v) is 9.82. The minimum Gasteiger partial charge on any atom is -0.347 e. The van der Waals surface area contributed by atoms with Crippen LogP contribution in [-0.2, 0) is 11.3 Å². The van der Waals surface area contributed by atoms with Gasteiger partial charge in [0.25, 0.3) is 5.56 Å². The summed E-state index contributed by atoms with van der Waals surface area (Å²) in [5, 5.41) is 2.39. The van der Waals surface area contributed by atoms with E-state index in [9.17, 15) is 9.59 Å². The Morgan fingerprint density at radius 3 is 3.00 bits per heavy atom. The average molecular weight is 237 g/mol. The lowest BCUT2D eigenvalue weighted by atomic mass is 10.4. The first-order valence-electron chi connectivity index (χ1n) is 4.72. The number of rotatable bonds is 2. The average Bonchev–Trinajstić information content (AvgIpc) is 2.70. The molecule has 0 radical (unpaired) electrons. The lowest BCUT2D eigenvalue weighted by Gasteiger charge is -2.10. The standard InChI is InChI=1S/C10H11N3O2S/c1-12(2)8(14)5-13-6-11-9-7(10(13)15)3-4-16-9/h3-4,6H,5H2,1-2H3. The van der Waals surface area contributed by atoms with Gasteiger partial charge in [-0.15, -0.1) is 11.3 Å². The first kappa shape index (κ1) is 10.8. The Bertz CT molecular complexity index is 585. The molecule has 2 aromatic rings. The molecule has 0 fully saturated rings. The van der Waals surface area contributed by atoms with Crippen molar-refractivity contribution >= 4 is 27.5 Å². The molecule has 0 saturated heterocycles. The summed E-state index contributed by atoms with van der Waals surface area (Å²) in [5.74, 6) is -0.126. The van der Waals surface area contributed by atoms with Gasteiger partial charge in [0.1, 0.15) is 11.4 Å². The van der Waals surface area contributed by atoms with Gasteiger partial charge in [-0.05, 0) is 11.4 Å². The molecule has 0 aliphatic rings. The van der Waals surface area contributed by atoms with Crippen molar-refractivity contribution < 1.29 is 4.79 Å². The summed E-state index contributed by atoms with van der Waals surface area (Å²) in [5.41, 5.74) is -0.165. The molecule has 0 aromatic carbocycles. The van der Waals surface area contributed by atoms with Crippen molar-refractivity contribution in [2.75, 3.05) is 14.1 Å². The molecular weight excluding hydrogens is 226 g/mol. The summed E-state index contributed by atoms with van der Waals surface area (Å²) in [7, 11) is 3.31. The van der Waals surface area contributed by atoms with Crippen molar-refractivity contribution in [3.8, 4) is 0 Å². The maximum atomic E-state index is 11.9. The van der Waals surface area contributed by atoms with Crippen molar-refractivity contribution in [1.82, 2.24) is 14.5 Å². The second kappa shape index (κ2) is 4.05. The number of likely N-dealkylation sites (N-methyl/N-ethyl adjacent to an activating group) is 1. The van der Waals surface area contributed by atoms with E-state index in [1.807, 2.05) is 5.38 Å². The number of carbonyl (C=O) groups is 1. The number of carbonyl (C=O) groups excluding carboxylic acids is 1. The molecule has 6 heteroatoms. The minimum atomic E-state index is -0.165. The molecule has 0 aliphatic heterocycles. The van der Waals surface area contributed by atoms with E-state index in [1.165, 1.54) is 27.1 Å². The molecule has 0 unspecified atom stereocenters. The van der Waals surface area contributed by atoms with Crippen LogP contribution in [0.5, 0.6) is 0 Å². The summed E-state index contributed by atoms with van der Waals surface area (Å²) < 4.78 is 1.33. The molecule has 5 nitrogen and oxygen atoms in total. The summed E-state index contributed by atoms with van der Waals surface area (Å²) in [6, 6.07) is 1.73. The minimum absolute atomic E-state index is 0.0324. The number of nitrogens with zero attached hydrogens (tertiary/aromatic N) is 3. The van der Waals surface area contributed by atoms with Gasteiger partial charge >= 0.3 is 0 Å². The zero-order chi connectivity index (χ0) is 11.7. The molecule has 0 saturated carbocycles. The quantitative estimate of drug-likeness (QED) is 0.766. The first-order valence-corrected chi connectivity index (χ1v) is 5.60. The Hall–Kier alpha value is -1.69. The fourth-order valence-corrected chi connectivity index (χ4v) is 2.02. The number of hydrogen-bond acceptors (Lipinski definition) is 4. The van der Waals surface area contributed by atoms with Crippen LogP contribution < -0.4 is 5.56 Å². The highest BCUT2D eigenvalue weighted by atomic mass is 32.1. The van der Waals surface area contributed by atoms with Crippen LogP contribution in [0.15, 0.2) is 22.6 Å². The largest absolute Gasteiger partial charge is 0.347 e. The van der Waals surface area contributed by atoms with Crippen molar-refractivity contribution in [3.63, 3.8) is 0 Å². The third-order valence-corrected chi connectivity index (χ3v) is 3.08. The normalized spacial score (nSPS) is 10.6. The van der Waals surface area contributed by atoms with Gasteiger partial charge in [-0.1, -0.05) is 0 Å². The maximum Gasteiger partial charge on any atom is 0.262 e. The van der Waals surface area contributed by atoms with E-state index in [0.29, 0.717) is 10.2 Å². The second-order valence-corrected chi connectivity index (χ2v) is 4.50. The van der Waals surface area contributed by atoms with Crippen molar-refractivity contribution in [3.05, 3.63) is 28.1 Å². The third kappa shape index (κ3) is 1.83. The molecule has 0 N–H and O–H groups in total. The van der Waals surface area contributed by atoms with Gasteiger partial charge in [-0.3, -0.25) is 14.2 Å². The predicted molar refractivity (Wildman–Crippen MR) is 62.6 cm³/mol. The van der Waals surface area contributed by atoms with Crippen LogP contribution in [0.1, 0.15) is 0 Å². The number of amides is 1. The van der Waals surface area contributed by atoms with Crippen LogP contribution in [0.25, 0.3) is 10.2 Å². The fourth-order valence-electron chi connectivity index (χ4n) is 1.29. The molecule has 0 bridgehead atoms. The fraction of sp³-hybridized carbons (Fsp3) is 0.300. The van der Waals surface area contributed by atoms with Gasteiger partial charge in [0, 0.05) is 14.1 Å². The van der Waals surface area contributed by atoms with E-state index in [1.54, 1.807) is 20.2 Å². The Kier molecular flexibility index (Phi) is 2.74. The van der Waals surface area contributed by atoms with E-state index in [0.717, 1.165) is 0 Å². The van der Waals surface area contributed by atoms with Gasteiger partial charge in [0.05, 0.1) is 11.7 Å². The van der Waals surface area contributed by atoms with Gasteiger partial charge in [-0.2, -0.15) is 0 Å². The topological polar surface area (TPSA) is 55.2 Å². The molecule has 16 heavy (non-hydrogen) atoms. The number of fused-ring (bicyclic) bond motifs is 1. The molecule has 2 aromatic heterocycles. The molecule has 1 amide bonds. The van der Waals surface area contributed by atoms with E-state index < -0.39 is 0 Å². The maximum absolute atomic E-state index is 11.9. The first-order chi connectivity index (χ1) is 7.59. The Balaban J connectivity index is 2.42. The summed E-state index contributed by atoms with van der Waals surface area (Å²) >= 11 is 1.42. The van der Waals surface area contributed by atoms with Crippen LogP contribution in [0.2, 0.25) is 0 Å². The lowest BCUT2D eigenvalue weighted by Crippen LogP contribution is -2.31. The Morgan fingerprint density at radius 1 is 1.56 bits per heavy atom. The molecule has 2 heterocycles. The van der Waals surface area contributed by atoms with Crippen LogP contribution in [0, 0.1) is 0 Å². The third-order valence-electron chi connectivity index (χ3n) is 2.25. The zero-order valence-electron chi connectivity index (χ0n) is 9.01. The summed E-state index contributed by atoms with van der Waals surface area (Å²) in [4.78, 5) is 29.7. The van der Waals surface area contributed by atoms with Gasteiger partial charge in [0.15, 0.2) is 0 Å². The predicted octanol–water partition coefficient (Wildman–Crippen LogP) is 0.546. The monoisotopic (exact) mass is 237 g/mol. The highest BCUT2D eigenvalue weighted by Gasteiger charge is 2.09. The van der Waals surface area contributed by atoms with Gasteiger partial charge in [0.2, 0.25) is 5.91 Å². The van der Waals surface area contributed by atoms with E-state index in [4.69, 9.17) is 0 Å². The van der Waals surface area contributed by atoms with E-state index in [-0.39, 0.29) is 18.0 Å². The number of thiophene rings is 1. The highest BCUT2D eigenvalue weighted by molar-refractivity contribution is 7.16. The van der Waals surface area contributed by atoms with Crippen molar-refractivity contribution in [2.24, 2.45) is 0 Å². The summed E-state index contributed by atoms with van der Waals surface area (Å²) in [6.07, 6.45) is 1.42. The Labute approximate surface area is 95.9 Å². The van der Waals surface area contributed by atoms with Gasteiger partial charge in [-0.25, -0.2) is 4.98 Å². The molecule has 0 spiro atoms. The van der Waals surface area contributed by atoms with Crippen molar-refractivity contribution in [1.29, 1.82) is 0 Å². The number of aromatic nitrogens is 2. The van der Waals surface area contributed by atoms with Crippen LogP contribution in [-0.4, -0.2) is 34.5 Å². The Morgan fingerprint density at radius 2 is 2.31 bits per heavy atom. The lowest BCUT2D eigenvalue weighted by molar-refractivity contribution is -0.129. The number of hydrogen-bond donors (Lipinski definition) is 0. The van der Waals surface area contributed by atoms with Crippen molar-refractivity contribution in [2.45, 2.75) is 6.54 Å². The van der Waals surface area contributed by atoms with Crippen LogP contribution >= 0.6 is 11.3 Å². The molecule has 84 valence electrons. The highest BCUT2D eigenvalue weighted by Crippen LogP contribution is 2.13. The van der Waals surface area contributed by atoms with E-state index in [2.05, 4.69) is 4.98 Å².